The van der Waals surface area contributed by atoms with Crippen LogP contribution in [-0.2, 0) is 31.6 Å². The summed E-state index contributed by atoms with van der Waals surface area (Å²) in [5, 5.41) is 20.8. The number of aliphatic hydroxyl groups excluding tert-OH is 2. The first-order valence-corrected chi connectivity index (χ1v) is 14.0. The molecule has 2 aromatic rings. The summed E-state index contributed by atoms with van der Waals surface area (Å²) in [5.41, 5.74) is 6.10. The van der Waals surface area contributed by atoms with Gasteiger partial charge in [-0.05, 0) is 6.26 Å². The van der Waals surface area contributed by atoms with Gasteiger partial charge in [-0.15, -0.1) is 0 Å². The number of rotatable bonds is 9. The minimum Gasteiger partial charge on any atom is -0.790 e. The Kier molecular flexibility index (Phi) is 19.1. The van der Waals surface area contributed by atoms with Crippen LogP contribution in [0.15, 0.2) is 11.5 Å². The molecule has 1 saturated heterocycles. The van der Waals surface area contributed by atoms with Gasteiger partial charge >= 0.3 is 118 Å². The van der Waals surface area contributed by atoms with E-state index in [-0.39, 0.29) is 140 Å². The molecule has 1 aliphatic rings. The molecule has 4 N–H and O–H groups in total. The minimum absolute atomic E-state index is 0. The number of phosphoric ester groups is 1. The molecule has 18 nitrogen and oxygen atoms in total. The zero-order valence-corrected chi connectivity index (χ0v) is 31.6. The van der Waals surface area contributed by atoms with Crippen LogP contribution < -0.4 is 144 Å². The summed E-state index contributed by atoms with van der Waals surface area (Å²) in [6.45, 7) is -1.08. The number of fused-ring (bicyclic) bond motifs is 1. The summed E-state index contributed by atoms with van der Waals surface area (Å²) in [6.07, 6.45) is -3.44. The van der Waals surface area contributed by atoms with Crippen LogP contribution in [0.2, 0.25) is 0 Å². The van der Waals surface area contributed by atoms with Gasteiger partial charge in [0.1, 0.15) is 23.8 Å². The van der Waals surface area contributed by atoms with Gasteiger partial charge in [0.2, 0.25) is 0 Å². The van der Waals surface area contributed by atoms with Gasteiger partial charge in [0, 0.05) is 0 Å². The number of nitrogens with two attached hydrogens (primary N) is 1. The minimum atomic E-state index is -6.15. The van der Waals surface area contributed by atoms with E-state index in [1.165, 1.54) is 10.9 Å². The second kappa shape index (κ2) is 16.7. The molecule has 2 unspecified atom stereocenters. The Bertz CT molecular complexity index is 1190. The fraction of sp³-hybridized carbons (Fsp3) is 0.545. The third-order valence-electron chi connectivity index (χ3n) is 4.02. The second-order valence-corrected chi connectivity index (χ2v) is 11.3. The van der Waals surface area contributed by atoms with E-state index in [0.717, 1.165) is 11.8 Å². The van der Waals surface area contributed by atoms with Crippen LogP contribution in [0.1, 0.15) is 6.23 Å². The van der Waals surface area contributed by atoms with Crippen LogP contribution in [0.4, 0.5) is 5.82 Å². The van der Waals surface area contributed by atoms with E-state index < -0.39 is 54.6 Å². The Morgan fingerprint density at radius 1 is 1.05 bits per heavy atom. The third kappa shape index (κ3) is 11.5. The number of aromatic nitrogens is 4. The molecule has 0 saturated carbocycles. The van der Waals surface area contributed by atoms with Crippen molar-refractivity contribution >= 4 is 52.2 Å². The van der Waals surface area contributed by atoms with Gasteiger partial charge in [-0.1, -0.05) is 11.8 Å². The molecule has 3 heterocycles. The molecule has 186 valence electrons. The van der Waals surface area contributed by atoms with Gasteiger partial charge in [-0.3, -0.25) is 18.0 Å². The van der Waals surface area contributed by atoms with Crippen LogP contribution in [-0.4, -0.2) is 60.9 Å². The largest absolute Gasteiger partial charge is 1.00 e. The van der Waals surface area contributed by atoms with Crippen molar-refractivity contribution in [1.82, 2.24) is 19.5 Å². The molecule has 0 radical (unpaired) electrons. The van der Waals surface area contributed by atoms with E-state index in [0.29, 0.717) is 0 Å². The number of nitrogen functional groups attached to an aromatic ring is 1. The molecule has 2 aromatic heterocycles. The summed E-state index contributed by atoms with van der Waals surface area (Å²) >= 11 is 1.16. The number of phosphoric acid groups is 3. The molecule has 1 aliphatic heterocycles. The van der Waals surface area contributed by atoms with Crippen LogP contribution >= 0.6 is 35.2 Å². The normalized spacial score (nSPS) is 24.5. The van der Waals surface area contributed by atoms with E-state index in [1.807, 2.05) is 0 Å². The van der Waals surface area contributed by atoms with Crippen molar-refractivity contribution in [3.8, 4) is 0 Å². The first-order valence-electron chi connectivity index (χ1n) is 8.39. The topological polar surface area (TPSA) is 290 Å². The Morgan fingerprint density at radius 2 is 1.65 bits per heavy atom. The number of thioether (sulfide) groups is 1. The fourth-order valence-corrected chi connectivity index (χ4v) is 5.97. The maximum Gasteiger partial charge on any atom is 1.00 e. The summed E-state index contributed by atoms with van der Waals surface area (Å²) in [4.78, 5) is 55.7. The summed E-state index contributed by atoms with van der Waals surface area (Å²) in [5.74, 6) is 0.0328. The molecule has 6 atom stereocenters. The number of imidazole rings is 1. The molecule has 0 spiro atoms. The summed E-state index contributed by atoms with van der Waals surface area (Å²) in [7, 11) is -18.1. The van der Waals surface area contributed by atoms with Crippen LogP contribution in [0.25, 0.3) is 11.2 Å². The average Bonchev–Trinajstić information content (AvgIpc) is 3.19. The maximum atomic E-state index is 11.7. The van der Waals surface area contributed by atoms with E-state index in [1.54, 1.807) is 6.26 Å². The number of aliphatic hydroxyl groups is 2. The predicted molar refractivity (Wildman–Crippen MR) is 98.4 cm³/mol. The number of anilines is 1. The zero-order valence-electron chi connectivity index (χ0n) is 20.1. The zero-order chi connectivity index (χ0) is 24.8. The number of nitrogens with zero attached hydrogens (tertiary/aromatic N) is 4. The second-order valence-electron chi connectivity index (χ2n) is 6.27. The average molecular weight is 641 g/mol. The molecular formula is C11H14N5Na4O13P3S. The van der Waals surface area contributed by atoms with Gasteiger partial charge < -0.3 is 49.3 Å². The maximum absolute atomic E-state index is 11.7. The third-order valence-corrected chi connectivity index (χ3v) is 8.23. The first-order chi connectivity index (χ1) is 15.1. The fourth-order valence-electron chi connectivity index (χ4n) is 2.74. The quantitative estimate of drug-likeness (QED) is 0.0991. The Labute approximate surface area is 301 Å². The van der Waals surface area contributed by atoms with Crippen molar-refractivity contribution in [2.24, 2.45) is 0 Å². The predicted octanol–water partition coefficient (Wildman–Crippen LogP) is -15.4. The van der Waals surface area contributed by atoms with Crippen molar-refractivity contribution in [3.63, 3.8) is 0 Å². The van der Waals surface area contributed by atoms with E-state index in [2.05, 4.69) is 28.1 Å². The van der Waals surface area contributed by atoms with Crippen molar-refractivity contribution in [3.05, 3.63) is 6.33 Å². The van der Waals surface area contributed by atoms with Crippen molar-refractivity contribution < 1.29 is 180 Å². The molecule has 26 heteroatoms. The van der Waals surface area contributed by atoms with Gasteiger partial charge in [0.25, 0.3) is 15.6 Å². The van der Waals surface area contributed by atoms with Gasteiger partial charge in [0.05, 0.1) is 20.8 Å². The molecule has 37 heavy (non-hydrogen) atoms. The number of hydrogen-bond donors (Lipinski definition) is 3. The molecule has 0 aliphatic carbocycles. The van der Waals surface area contributed by atoms with Crippen molar-refractivity contribution in [2.75, 3.05) is 18.6 Å². The molecule has 0 aromatic carbocycles. The van der Waals surface area contributed by atoms with Crippen molar-refractivity contribution in [1.29, 1.82) is 0 Å². The summed E-state index contributed by atoms with van der Waals surface area (Å²) < 4.78 is 50.5. The smallest absolute Gasteiger partial charge is 0.790 e. The van der Waals surface area contributed by atoms with Gasteiger partial charge in [0.15, 0.2) is 22.8 Å². The first kappa shape index (κ1) is 42.1. The molecular weight excluding hydrogens is 627 g/mol. The van der Waals surface area contributed by atoms with Gasteiger partial charge in [-0.2, -0.15) is 0 Å². The Morgan fingerprint density at radius 3 is 2.19 bits per heavy atom. The number of ether oxygens (including phenoxy) is 1. The van der Waals surface area contributed by atoms with E-state index >= 15 is 0 Å². The molecule has 3 rings (SSSR count). The monoisotopic (exact) mass is 641 g/mol. The van der Waals surface area contributed by atoms with Crippen LogP contribution in [0.5, 0.6) is 0 Å². The molecule has 0 amide bonds. The number of hydrogen-bond acceptors (Lipinski definition) is 18. The van der Waals surface area contributed by atoms with Crippen LogP contribution in [0, 0.1) is 0 Å². The summed E-state index contributed by atoms with van der Waals surface area (Å²) in [6, 6.07) is 0. The standard InChI is InChI=1S/C11H18N5O13P3S.4Na/c1-33-11-14-8(12)5-9(15-11)16(3-13-5)10-7(18)6(17)4(27-10)2-26-31(22,23)29-32(24,25)28-30(19,20)21;;;;/h3-4,6-7,10,17-18H,2H2,1H3,(H,22,23)(H,24,25)(H2,12,14,15)(H2,19,20,21);;;;/q;4*+1/p-4/t4-,6+,7+,10+;;;;/m0..../s1. The van der Waals surface area contributed by atoms with Crippen molar-refractivity contribution in [2.45, 2.75) is 29.7 Å². The molecule has 0 bridgehead atoms. The molecule has 1 fully saturated rings. The van der Waals surface area contributed by atoms with E-state index in [4.69, 9.17) is 10.5 Å². The Balaban J connectivity index is 0. The van der Waals surface area contributed by atoms with Crippen LogP contribution in [0.3, 0.4) is 0 Å². The SMILES string of the molecule is CSc1nc(N)c2ncn([C@@H]3O[C@@H](COP(=O)([O-])OP(=O)([O-])OP(=O)([O-])[O-])[C@@H](O)[C@H]3O)c2n1.[Na+].[Na+].[Na+].[Na+]. The van der Waals surface area contributed by atoms with Gasteiger partial charge in [-0.25, -0.2) is 19.3 Å². The van der Waals surface area contributed by atoms with E-state index in [9.17, 15) is 43.5 Å². The Hall–Kier alpha value is 2.99.